The number of carbonyl (C=O) groups excluding carboxylic acids is 1. The fraction of sp³-hybridized carbons (Fsp3) is 0.500. The van der Waals surface area contributed by atoms with E-state index in [0.29, 0.717) is 0 Å². The van der Waals surface area contributed by atoms with Crippen LogP contribution in [0.15, 0.2) is 30.3 Å². The Labute approximate surface area is 109 Å². The summed E-state index contributed by atoms with van der Waals surface area (Å²) in [6.07, 6.45) is 6.64. The number of carbonyl (C=O) groups is 1. The van der Waals surface area contributed by atoms with Gasteiger partial charge in [0.15, 0.2) is 5.78 Å². The lowest BCUT2D eigenvalue weighted by molar-refractivity contribution is -0.123. The van der Waals surface area contributed by atoms with E-state index in [0.717, 1.165) is 31.2 Å². The quantitative estimate of drug-likeness (QED) is 0.754. The molecule has 0 aromatic heterocycles. The Morgan fingerprint density at radius 1 is 1.11 bits per heavy atom. The molecule has 94 valence electrons. The van der Waals surface area contributed by atoms with E-state index in [1.54, 1.807) is 0 Å². The topological polar surface area (TPSA) is 40.9 Å². The third kappa shape index (κ3) is 2.98. The summed E-state index contributed by atoms with van der Waals surface area (Å²) in [6.45, 7) is 0. The molecule has 1 aliphatic rings. The zero-order valence-corrected chi connectivity index (χ0v) is 10.6. The predicted molar refractivity (Wildman–Crippen MR) is 71.0 cm³/mol. The third-order valence-corrected chi connectivity index (χ3v) is 3.80. The molecule has 2 nitrogen and oxygen atoms in total. The number of Topliss-reactive ketones (excluding diaryl/α,β-unsaturated/α-hetero) is 1. The Morgan fingerprint density at radius 3 is 2.28 bits per heavy atom. The summed E-state index contributed by atoms with van der Waals surface area (Å²) in [5.74, 6) is -0.350. The molecule has 0 radical (unpaired) electrons. The standard InChI is InChI=1S/C16H19NO/c17-12-15(13-8-6-3-7-9-13)16(18)14-10-4-1-2-5-11-14/h3,6-9,14-15H,1-2,4-5,10-11H2. The minimum Gasteiger partial charge on any atom is -0.298 e. The summed E-state index contributed by atoms with van der Waals surface area (Å²) in [4.78, 5) is 12.5. The highest BCUT2D eigenvalue weighted by atomic mass is 16.1. The summed E-state index contributed by atoms with van der Waals surface area (Å²) < 4.78 is 0. The molecule has 1 fully saturated rings. The van der Waals surface area contributed by atoms with Crippen LogP contribution < -0.4 is 0 Å². The van der Waals surface area contributed by atoms with E-state index in [1.807, 2.05) is 30.3 Å². The lowest BCUT2D eigenvalue weighted by Crippen LogP contribution is -2.21. The van der Waals surface area contributed by atoms with E-state index in [1.165, 1.54) is 12.8 Å². The van der Waals surface area contributed by atoms with Crippen molar-refractivity contribution in [3.8, 4) is 6.07 Å². The van der Waals surface area contributed by atoms with Gasteiger partial charge in [0.25, 0.3) is 0 Å². The van der Waals surface area contributed by atoms with Crippen LogP contribution in [0.5, 0.6) is 0 Å². The molecule has 2 heteroatoms. The molecule has 1 unspecified atom stereocenters. The zero-order valence-electron chi connectivity index (χ0n) is 10.6. The molecule has 0 bridgehead atoms. The minimum absolute atomic E-state index is 0.0948. The van der Waals surface area contributed by atoms with Crippen LogP contribution in [0.4, 0.5) is 0 Å². The second kappa shape index (κ2) is 6.35. The van der Waals surface area contributed by atoms with Crippen molar-refractivity contribution >= 4 is 5.78 Å². The molecule has 1 atom stereocenters. The maximum absolute atomic E-state index is 12.5. The molecule has 0 spiro atoms. The van der Waals surface area contributed by atoms with Gasteiger partial charge in [-0.25, -0.2) is 0 Å². The van der Waals surface area contributed by atoms with Crippen molar-refractivity contribution in [1.29, 1.82) is 5.26 Å². The summed E-state index contributed by atoms with van der Waals surface area (Å²) in [7, 11) is 0. The second-order valence-electron chi connectivity index (χ2n) is 5.06. The summed E-state index contributed by atoms with van der Waals surface area (Å²) in [6, 6.07) is 11.6. The Kier molecular flexibility index (Phi) is 4.52. The van der Waals surface area contributed by atoms with Gasteiger partial charge in [-0.3, -0.25) is 4.79 Å². The fourth-order valence-corrected chi connectivity index (χ4v) is 2.75. The predicted octanol–water partition coefficient (Wildman–Crippen LogP) is 3.83. The molecule has 2 rings (SSSR count). The first kappa shape index (κ1) is 12.8. The van der Waals surface area contributed by atoms with E-state index in [-0.39, 0.29) is 11.7 Å². The van der Waals surface area contributed by atoms with Gasteiger partial charge >= 0.3 is 0 Å². The van der Waals surface area contributed by atoms with Crippen LogP contribution in [0.3, 0.4) is 0 Å². The molecular formula is C16H19NO. The lowest BCUT2D eigenvalue weighted by atomic mass is 9.84. The van der Waals surface area contributed by atoms with Crippen molar-refractivity contribution in [1.82, 2.24) is 0 Å². The van der Waals surface area contributed by atoms with Crippen molar-refractivity contribution in [2.75, 3.05) is 0 Å². The molecule has 0 N–H and O–H groups in total. The fourth-order valence-electron chi connectivity index (χ4n) is 2.75. The van der Waals surface area contributed by atoms with Crippen LogP contribution in [0.25, 0.3) is 0 Å². The van der Waals surface area contributed by atoms with Crippen LogP contribution >= 0.6 is 0 Å². The number of ketones is 1. The number of nitriles is 1. The maximum Gasteiger partial charge on any atom is 0.157 e. The van der Waals surface area contributed by atoms with Crippen LogP contribution in [0, 0.1) is 17.2 Å². The molecule has 18 heavy (non-hydrogen) atoms. The molecule has 0 heterocycles. The Morgan fingerprint density at radius 2 is 1.72 bits per heavy atom. The smallest absolute Gasteiger partial charge is 0.157 e. The molecule has 1 aromatic carbocycles. The highest BCUT2D eigenvalue weighted by Crippen LogP contribution is 2.29. The van der Waals surface area contributed by atoms with Crippen molar-refractivity contribution in [3.05, 3.63) is 35.9 Å². The Bertz CT molecular complexity index is 424. The van der Waals surface area contributed by atoms with Gasteiger partial charge in [-0.2, -0.15) is 5.26 Å². The van der Waals surface area contributed by atoms with Gasteiger partial charge in [-0.05, 0) is 18.4 Å². The molecule has 1 aromatic rings. The Hall–Kier alpha value is -1.62. The van der Waals surface area contributed by atoms with Crippen LogP contribution in [0.2, 0.25) is 0 Å². The number of hydrogen-bond donors (Lipinski definition) is 0. The van der Waals surface area contributed by atoms with E-state index < -0.39 is 5.92 Å². The van der Waals surface area contributed by atoms with Crippen LogP contribution in [-0.2, 0) is 4.79 Å². The number of benzene rings is 1. The molecule has 1 saturated carbocycles. The number of hydrogen-bond acceptors (Lipinski definition) is 2. The first-order valence-corrected chi connectivity index (χ1v) is 6.81. The van der Waals surface area contributed by atoms with Gasteiger partial charge in [-0.1, -0.05) is 56.0 Å². The molecular weight excluding hydrogens is 222 g/mol. The molecule has 0 aliphatic heterocycles. The highest BCUT2D eigenvalue weighted by molar-refractivity contribution is 5.90. The van der Waals surface area contributed by atoms with Gasteiger partial charge in [0.2, 0.25) is 0 Å². The molecule has 1 aliphatic carbocycles. The van der Waals surface area contributed by atoms with Crippen molar-refractivity contribution < 1.29 is 4.79 Å². The number of nitrogens with zero attached hydrogens (tertiary/aromatic N) is 1. The van der Waals surface area contributed by atoms with Crippen molar-refractivity contribution in [2.24, 2.45) is 5.92 Å². The number of rotatable bonds is 3. The monoisotopic (exact) mass is 241 g/mol. The zero-order chi connectivity index (χ0) is 12.8. The largest absolute Gasteiger partial charge is 0.298 e. The van der Waals surface area contributed by atoms with Gasteiger partial charge in [0.05, 0.1) is 6.07 Å². The van der Waals surface area contributed by atoms with E-state index in [9.17, 15) is 10.1 Å². The average molecular weight is 241 g/mol. The van der Waals surface area contributed by atoms with E-state index >= 15 is 0 Å². The van der Waals surface area contributed by atoms with Gasteiger partial charge in [0.1, 0.15) is 5.92 Å². The summed E-state index contributed by atoms with van der Waals surface area (Å²) in [5.41, 5.74) is 0.842. The normalized spacial score (nSPS) is 18.6. The van der Waals surface area contributed by atoms with E-state index in [2.05, 4.69) is 6.07 Å². The van der Waals surface area contributed by atoms with Crippen molar-refractivity contribution in [3.63, 3.8) is 0 Å². The Balaban J connectivity index is 2.13. The minimum atomic E-state index is -0.575. The van der Waals surface area contributed by atoms with Gasteiger partial charge in [-0.15, -0.1) is 0 Å². The molecule has 0 saturated heterocycles. The first-order chi connectivity index (χ1) is 8.83. The van der Waals surface area contributed by atoms with Crippen molar-refractivity contribution in [2.45, 2.75) is 44.4 Å². The van der Waals surface area contributed by atoms with Gasteiger partial charge in [0, 0.05) is 5.92 Å². The SMILES string of the molecule is N#CC(C(=O)C1CCCCCC1)c1ccccc1. The van der Waals surface area contributed by atoms with Gasteiger partial charge < -0.3 is 0 Å². The second-order valence-corrected chi connectivity index (χ2v) is 5.06. The molecule has 0 amide bonds. The summed E-state index contributed by atoms with van der Waals surface area (Å²) in [5, 5.41) is 9.28. The average Bonchev–Trinajstić information content (AvgIpc) is 2.69. The summed E-state index contributed by atoms with van der Waals surface area (Å²) >= 11 is 0. The van der Waals surface area contributed by atoms with Crippen LogP contribution in [-0.4, -0.2) is 5.78 Å². The van der Waals surface area contributed by atoms with E-state index in [4.69, 9.17) is 0 Å². The third-order valence-electron chi connectivity index (χ3n) is 3.80. The highest BCUT2D eigenvalue weighted by Gasteiger charge is 2.28. The first-order valence-electron chi connectivity index (χ1n) is 6.81. The van der Waals surface area contributed by atoms with Crippen LogP contribution in [0.1, 0.15) is 50.0 Å². The lowest BCUT2D eigenvalue weighted by Gasteiger charge is -2.16. The maximum atomic E-state index is 12.5.